The Morgan fingerprint density at radius 2 is 1.73 bits per heavy atom. The maximum Gasteiger partial charge on any atom is 0.408 e. The largest absolute Gasteiger partial charge is 0.489 e. The van der Waals surface area contributed by atoms with Crippen molar-refractivity contribution in [1.29, 1.82) is 0 Å². The minimum atomic E-state index is -1.16. The molecule has 3 rings (SSSR count). The fraction of sp³-hybridized carbons (Fsp3) is 0.333. The highest BCUT2D eigenvalue weighted by Gasteiger charge is 2.27. The standard InChI is InChI=1S/C24H28N4O5/c1-17(2)32-23(29)22(13-28-16-25-15-26-28)33-24(30)27-18(3)20-9-11-21(12-10-20)31-14-19-7-5-4-6-8-19/h4-12,15-18,22H,13-14H2,1-3H3,(H,27,30)/t18-,22+/m0/s1. The zero-order valence-electron chi connectivity index (χ0n) is 18.9. The second kappa shape index (κ2) is 11.7. The van der Waals surface area contributed by atoms with E-state index in [1.165, 1.54) is 17.3 Å². The summed E-state index contributed by atoms with van der Waals surface area (Å²) in [6.07, 6.45) is 0.526. The molecule has 0 aliphatic heterocycles. The van der Waals surface area contributed by atoms with Crippen molar-refractivity contribution in [3.05, 3.63) is 78.4 Å². The molecule has 33 heavy (non-hydrogen) atoms. The van der Waals surface area contributed by atoms with Crippen molar-refractivity contribution in [2.45, 2.75) is 52.2 Å². The van der Waals surface area contributed by atoms with E-state index in [1.54, 1.807) is 13.8 Å². The fourth-order valence-electron chi connectivity index (χ4n) is 2.98. The summed E-state index contributed by atoms with van der Waals surface area (Å²) in [7, 11) is 0. The van der Waals surface area contributed by atoms with Crippen molar-refractivity contribution >= 4 is 12.1 Å². The van der Waals surface area contributed by atoms with Gasteiger partial charge in [-0.05, 0) is 44.0 Å². The van der Waals surface area contributed by atoms with Crippen LogP contribution in [0, 0.1) is 0 Å². The molecule has 1 N–H and O–H groups in total. The van der Waals surface area contributed by atoms with E-state index in [9.17, 15) is 9.59 Å². The summed E-state index contributed by atoms with van der Waals surface area (Å²) in [5.41, 5.74) is 1.94. The number of amides is 1. The molecule has 1 amide bonds. The number of nitrogens with one attached hydrogen (secondary N) is 1. The summed E-state index contributed by atoms with van der Waals surface area (Å²) in [6.45, 7) is 5.74. The average Bonchev–Trinajstić information content (AvgIpc) is 3.31. The average molecular weight is 453 g/mol. The highest BCUT2D eigenvalue weighted by molar-refractivity contribution is 5.79. The highest BCUT2D eigenvalue weighted by atomic mass is 16.6. The van der Waals surface area contributed by atoms with Crippen LogP contribution in [0.15, 0.2) is 67.3 Å². The minimum absolute atomic E-state index is 0.000798. The number of rotatable bonds is 10. The Labute approximate surface area is 192 Å². The number of carbonyl (C=O) groups is 2. The number of benzene rings is 2. The van der Waals surface area contributed by atoms with E-state index in [-0.39, 0.29) is 18.7 Å². The third kappa shape index (κ3) is 7.64. The summed E-state index contributed by atoms with van der Waals surface area (Å²) in [6, 6.07) is 17.0. The lowest BCUT2D eigenvalue weighted by Gasteiger charge is -2.20. The lowest BCUT2D eigenvalue weighted by molar-refractivity contribution is -0.158. The highest BCUT2D eigenvalue weighted by Crippen LogP contribution is 2.19. The summed E-state index contributed by atoms with van der Waals surface area (Å²) in [4.78, 5) is 28.7. The molecule has 0 bridgehead atoms. The first kappa shape index (κ1) is 23.8. The van der Waals surface area contributed by atoms with E-state index >= 15 is 0 Å². The molecule has 9 nitrogen and oxygen atoms in total. The zero-order chi connectivity index (χ0) is 23.6. The van der Waals surface area contributed by atoms with Gasteiger partial charge >= 0.3 is 12.1 Å². The summed E-state index contributed by atoms with van der Waals surface area (Å²) in [5.74, 6) is 0.0740. The Bertz CT molecular complexity index is 1010. The van der Waals surface area contributed by atoms with Crippen LogP contribution in [-0.4, -0.2) is 39.0 Å². The number of nitrogens with zero attached hydrogens (tertiary/aromatic N) is 3. The predicted molar refractivity (Wildman–Crippen MR) is 120 cm³/mol. The van der Waals surface area contributed by atoms with Gasteiger partial charge in [0.25, 0.3) is 0 Å². The first-order chi connectivity index (χ1) is 15.9. The van der Waals surface area contributed by atoms with Crippen molar-refractivity contribution < 1.29 is 23.8 Å². The monoisotopic (exact) mass is 452 g/mol. The molecule has 2 atom stereocenters. The number of carbonyl (C=O) groups excluding carboxylic acids is 2. The Hall–Kier alpha value is -3.88. The second-order valence-electron chi connectivity index (χ2n) is 7.71. The van der Waals surface area contributed by atoms with Crippen LogP contribution in [0.2, 0.25) is 0 Å². The molecule has 0 fully saturated rings. The first-order valence-electron chi connectivity index (χ1n) is 10.7. The van der Waals surface area contributed by atoms with Gasteiger partial charge in [-0.25, -0.2) is 19.3 Å². The van der Waals surface area contributed by atoms with Gasteiger partial charge in [0.15, 0.2) is 0 Å². The molecule has 0 unspecified atom stereocenters. The molecule has 2 aromatic carbocycles. The van der Waals surface area contributed by atoms with Crippen molar-refractivity contribution in [3.8, 4) is 5.75 Å². The van der Waals surface area contributed by atoms with Crippen LogP contribution in [0.3, 0.4) is 0 Å². The number of aromatic nitrogens is 3. The van der Waals surface area contributed by atoms with Gasteiger partial charge in [-0.15, -0.1) is 0 Å². The van der Waals surface area contributed by atoms with Crippen LogP contribution < -0.4 is 10.1 Å². The maximum atomic E-state index is 12.5. The molecule has 9 heteroatoms. The van der Waals surface area contributed by atoms with E-state index in [2.05, 4.69) is 15.4 Å². The Balaban J connectivity index is 1.54. The van der Waals surface area contributed by atoms with Crippen LogP contribution in [0.4, 0.5) is 4.79 Å². The number of hydrogen-bond acceptors (Lipinski definition) is 7. The van der Waals surface area contributed by atoms with Gasteiger partial charge < -0.3 is 19.5 Å². The molecule has 3 aromatic rings. The van der Waals surface area contributed by atoms with Gasteiger partial charge in [-0.1, -0.05) is 42.5 Å². The first-order valence-corrected chi connectivity index (χ1v) is 10.7. The van der Waals surface area contributed by atoms with Gasteiger partial charge in [0, 0.05) is 0 Å². The quantitative estimate of drug-likeness (QED) is 0.468. The molecule has 0 saturated heterocycles. The van der Waals surface area contributed by atoms with Gasteiger partial charge in [-0.2, -0.15) is 5.10 Å². The summed E-state index contributed by atoms with van der Waals surface area (Å²) < 4.78 is 17.7. The lowest BCUT2D eigenvalue weighted by Crippen LogP contribution is -2.38. The van der Waals surface area contributed by atoms with E-state index < -0.39 is 18.2 Å². The molecule has 0 radical (unpaired) electrons. The van der Waals surface area contributed by atoms with E-state index in [4.69, 9.17) is 14.2 Å². The maximum absolute atomic E-state index is 12.5. The smallest absolute Gasteiger partial charge is 0.408 e. The normalized spacial score (nSPS) is 12.6. The van der Waals surface area contributed by atoms with E-state index in [1.807, 2.05) is 61.5 Å². The number of alkyl carbamates (subject to hydrolysis) is 1. The predicted octanol–water partition coefficient (Wildman–Crippen LogP) is 3.66. The van der Waals surface area contributed by atoms with Crippen molar-refractivity contribution in [2.75, 3.05) is 0 Å². The molecular weight excluding hydrogens is 424 g/mol. The van der Waals surface area contributed by atoms with E-state index in [0.29, 0.717) is 6.61 Å². The van der Waals surface area contributed by atoms with E-state index in [0.717, 1.165) is 16.9 Å². The van der Waals surface area contributed by atoms with Crippen LogP contribution in [0.5, 0.6) is 5.75 Å². The molecule has 0 saturated carbocycles. The lowest BCUT2D eigenvalue weighted by atomic mass is 10.1. The third-order valence-electron chi connectivity index (χ3n) is 4.65. The van der Waals surface area contributed by atoms with Crippen LogP contribution in [0.25, 0.3) is 0 Å². The topological polar surface area (TPSA) is 105 Å². The van der Waals surface area contributed by atoms with Crippen molar-refractivity contribution in [3.63, 3.8) is 0 Å². The SMILES string of the molecule is CC(C)OC(=O)[C@@H](Cn1cncn1)OC(=O)N[C@@H](C)c1ccc(OCc2ccccc2)cc1. The Morgan fingerprint density at radius 1 is 1.00 bits per heavy atom. The molecule has 1 heterocycles. The number of ether oxygens (including phenoxy) is 3. The third-order valence-corrected chi connectivity index (χ3v) is 4.65. The molecule has 1 aromatic heterocycles. The van der Waals surface area contributed by atoms with Crippen LogP contribution in [0.1, 0.15) is 37.9 Å². The van der Waals surface area contributed by atoms with Gasteiger partial charge in [0.1, 0.15) is 25.0 Å². The minimum Gasteiger partial charge on any atom is -0.489 e. The number of esters is 1. The van der Waals surface area contributed by atoms with Crippen molar-refractivity contribution in [1.82, 2.24) is 20.1 Å². The van der Waals surface area contributed by atoms with Gasteiger partial charge in [0.05, 0.1) is 18.7 Å². The zero-order valence-corrected chi connectivity index (χ0v) is 18.9. The Morgan fingerprint density at radius 3 is 2.36 bits per heavy atom. The fourth-order valence-corrected chi connectivity index (χ4v) is 2.98. The van der Waals surface area contributed by atoms with Crippen molar-refractivity contribution in [2.24, 2.45) is 0 Å². The molecular formula is C24H28N4O5. The number of hydrogen-bond donors (Lipinski definition) is 1. The van der Waals surface area contributed by atoms with Crippen LogP contribution >= 0.6 is 0 Å². The Kier molecular flexibility index (Phi) is 8.40. The molecule has 0 aliphatic carbocycles. The van der Waals surface area contributed by atoms with Gasteiger partial charge in [-0.3, -0.25) is 0 Å². The summed E-state index contributed by atoms with van der Waals surface area (Å²) in [5, 5.41) is 6.69. The molecule has 0 aliphatic rings. The second-order valence-corrected chi connectivity index (χ2v) is 7.71. The molecule has 174 valence electrons. The van der Waals surface area contributed by atoms with Crippen LogP contribution in [-0.2, 0) is 27.4 Å². The summed E-state index contributed by atoms with van der Waals surface area (Å²) >= 11 is 0. The molecule has 0 spiro atoms. The van der Waals surface area contributed by atoms with Gasteiger partial charge in [0.2, 0.25) is 6.10 Å².